The van der Waals surface area contributed by atoms with Crippen LogP contribution in [0.4, 0.5) is 0 Å². The van der Waals surface area contributed by atoms with Crippen molar-refractivity contribution >= 4 is 17.4 Å². The van der Waals surface area contributed by atoms with Crippen molar-refractivity contribution in [2.45, 2.75) is 18.9 Å². The Hall–Kier alpha value is -2.44. The maximum absolute atomic E-state index is 12.4. The van der Waals surface area contributed by atoms with Gasteiger partial charge in [0.15, 0.2) is 0 Å². The van der Waals surface area contributed by atoms with E-state index in [9.17, 15) is 9.59 Å². The van der Waals surface area contributed by atoms with Crippen molar-refractivity contribution in [2.75, 3.05) is 6.54 Å². The molecule has 0 saturated carbocycles. The molecule has 0 aliphatic carbocycles. The molecule has 0 aromatic carbocycles. The highest BCUT2D eigenvalue weighted by Crippen LogP contribution is 2.21. The number of aliphatic carboxylic acids is 1. The van der Waals surface area contributed by atoms with E-state index < -0.39 is 12.0 Å². The van der Waals surface area contributed by atoms with Gasteiger partial charge in [0.2, 0.25) is 0 Å². The average molecular weight is 260 g/mol. The Morgan fingerprint density at radius 3 is 3.00 bits per heavy atom. The number of aromatic nitrogens is 3. The molecular weight excluding hydrogens is 248 g/mol. The van der Waals surface area contributed by atoms with Gasteiger partial charge in [0.05, 0.1) is 23.5 Å². The first-order chi connectivity index (χ1) is 9.18. The summed E-state index contributed by atoms with van der Waals surface area (Å²) in [6.07, 6.45) is 7.43. The van der Waals surface area contributed by atoms with Gasteiger partial charge in [0.25, 0.3) is 5.91 Å². The van der Waals surface area contributed by atoms with Gasteiger partial charge in [-0.25, -0.2) is 9.31 Å². The molecule has 1 fully saturated rings. The summed E-state index contributed by atoms with van der Waals surface area (Å²) in [5, 5.41) is 13.2. The zero-order valence-electron chi connectivity index (χ0n) is 10.1. The lowest BCUT2D eigenvalue weighted by Crippen LogP contribution is -2.40. The molecule has 2 aromatic heterocycles. The van der Waals surface area contributed by atoms with Crippen LogP contribution >= 0.6 is 0 Å². The Bertz CT molecular complexity index is 651. The molecule has 1 amide bonds. The van der Waals surface area contributed by atoms with E-state index >= 15 is 0 Å². The SMILES string of the molecule is O=C(O)[C@@H]1CCCN1C(=O)c1cnn2ccncc12. The van der Waals surface area contributed by atoms with E-state index in [1.165, 1.54) is 11.1 Å². The Kier molecular flexibility index (Phi) is 2.66. The number of nitrogens with zero attached hydrogens (tertiary/aromatic N) is 4. The molecule has 3 rings (SSSR count). The van der Waals surface area contributed by atoms with E-state index in [2.05, 4.69) is 10.1 Å². The summed E-state index contributed by atoms with van der Waals surface area (Å²) in [6.45, 7) is 0.466. The summed E-state index contributed by atoms with van der Waals surface area (Å²) >= 11 is 0. The quantitative estimate of drug-likeness (QED) is 0.845. The van der Waals surface area contributed by atoms with Crippen LogP contribution in [0.15, 0.2) is 24.8 Å². The molecule has 7 nitrogen and oxygen atoms in total. The Labute approximate surface area is 108 Å². The number of fused-ring (bicyclic) bond motifs is 1. The fraction of sp³-hybridized carbons (Fsp3) is 0.333. The molecule has 3 heterocycles. The van der Waals surface area contributed by atoms with Crippen molar-refractivity contribution < 1.29 is 14.7 Å². The normalized spacial score (nSPS) is 18.9. The molecule has 2 aromatic rings. The largest absolute Gasteiger partial charge is 0.480 e. The van der Waals surface area contributed by atoms with Gasteiger partial charge in [-0.2, -0.15) is 5.10 Å². The van der Waals surface area contributed by atoms with Gasteiger partial charge in [0, 0.05) is 18.9 Å². The van der Waals surface area contributed by atoms with Crippen LogP contribution in [0, 0.1) is 0 Å². The van der Waals surface area contributed by atoms with Crippen molar-refractivity contribution in [3.05, 3.63) is 30.4 Å². The van der Waals surface area contributed by atoms with E-state index in [1.54, 1.807) is 23.1 Å². The second-order valence-corrected chi connectivity index (χ2v) is 4.46. The second-order valence-electron chi connectivity index (χ2n) is 4.46. The molecule has 7 heteroatoms. The van der Waals surface area contributed by atoms with Crippen LogP contribution in [0.5, 0.6) is 0 Å². The number of carbonyl (C=O) groups excluding carboxylic acids is 1. The number of likely N-dealkylation sites (tertiary alicyclic amines) is 1. The number of hydrogen-bond acceptors (Lipinski definition) is 4. The summed E-state index contributed by atoms with van der Waals surface area (Å²) in [6, 6.07) is -0.737. The van der Waals surface area contributed by atoms with Crippen LogP contribution in [0.1, 0.15) is 23.2 Å². The summed E-state index contributed by atoms with van der Waals surface area (Å²) in [5.41, 5.74) is 0.977. The first-order valence-electron chi connectivity index (χ1n) is 5.99. The van der Waals surface area contributed by atoms with Gasteiger partial charge in [-0.05, 0) is 12.8 Å². The minimum absolute atomic E-state index is 0.298. The van der Waals surface area contributed by atoms with E-state index in [0.717, 1.165) is 0 Å². The molecule has 98 valence electrons. The lowest BCUT2D eigenvalue weighted by atomic mass is 10.2. The highest BCUT2D eigenvalue weighted by atomic mass is 16.4. The summed E-state index contributed by atoms with van der Waals surface area (Å²) in [4.78, 5) is 28.9. The van der Waals surface area contributed by atoms with E-state index in [1.807, 2.05) is 0 Å². The number of carboxylic acids is 1. The van der Waals surface area contributed by atoms with Crippen LogP contribution in [0.25, 0.3) is 5.52 Å². The first-order valence-corrected chi connectivity index (χ1v) is 5.99. The molecule has 0 bridgehead atoms. The van der Waals surface area contributed by atoms with Gasteiger partial charge in [-0.15, -0.1) is 0 Å². The molecule has 1 atom stereocenters. The molecule has 1 aliphatic heterocycles. The van der Waals surface area contributed by atoms with E-state index in [4.69, 9.17) is 5.11 Å². The van der Waals surface area contributed by atoms with E-state index in [0.29, 0.717) is 30.5 Å². The van der Waals surface area contributed by atoms with Crippen LogP contribution in [-0.2, 0) is 4.79 Å². The summed E-state index contributed by atoms with van der Waals surface area (Å²) in [5.74, 6) is -1.26. The third-order valence-electron chi connectivity index (χ3n) is 3.35. The molecule has 1 aliphatic rings. The van der Waals surface area contributed by atoms with Gasteiger partial charge < -0.3 is 10.0 Å². The van der Waals surface area contributed by atoms with Crippen molar-refractivity contribution in [2.24, 2.45) is 0 Å². The predicted octanol–water partition coefficient (Wildman–Crippen LogP) is 0.418. The number of carbonyl (C=O) groups is 2. The number of carboxylic acid groups (broad SMARTS) is 1. The van der Waals surface area contributed by atoms with E-state index in [-0.39, 0.29) is 5.91 Å². The molecule has 0 spiro atoms. The van der Waals surface area contributed by atoms with Crippen molar-refractivity contribution in [1.29, 1.82) is 0 Å². The summed E-state index contributed by atoms with van der Waals surface area (Å²) < 4.78 is 1.55. The monoisotopic (exact) mass is 260 g/mol. The highest BCUT2D eigenvalue weighted by Gasteiger charge is 2.35. The topological polar surface area (TPSA) is 87.8 Å². The van der Waals surface area contributed by atoms with Gasteiger partial charge >= 0.3 is 5.97 Å². The van der Waals surface area contributed by atoms with Gasteiger partial charge in [-0.1, -0.05) is 0 Å². The van der Waals surface area contributed by atoms with Crippen molar-refractivity contribution in [3.63, 3.8) is 0 Å². The molecule has 19 heavy (non-hydrogen) atoms. The average Bonchev–Trinajstić information content (AvgIpc) is 3.05. The standard InChI is InChI=1S/C12H12N4O3/c17-11(15-4-1-2-9(15)12(18)19)8-6-14-16-5-3-13-7-10(8)16/h3,5-7,9H,1-2,4H2,(H,18,19)/t9-/m0/s1. The van der Waals surface area contributed by atoms with Gasteiger partial charge in [0.1, 0.15) is 6.04 Å². The van der Waals surface area contributed by atoms with Gasteiger partial charge in [-0.3, -0.25) is 9.78 Å². The van der Waals surface area contributed by atoms with Crippen molar-refractivity contribution in [3.8, 4) is 0 Å². The van der Waals surface area contributed by atoms with Crippen LogP contribution in [-0.4, -0.2) is 49.1 Å². The molecule has 0 radical (unpaired) electrons. The van der Waals surface area contributed by atoms with Crippen LogP contribution in [0.3, 0.4) is 0 Å². The predicted molar refractivity (Wildman–Crippen MR) is 64.7 cm³/mol. The smallest absolute Gasteiger partial charge is 0.326 e. The maximum Gasteiger partial charge on any atom is 0.326 e. The lowest BCUT2D eigenvalue weighted by molar-refractivity contribution is -0.141. The van der Waals surface area contributed by atoms with Crippen molar-refractivity contribution in [1.82, 2.24) is 19.5 Å². The zero-order valence-corrected chi connectivity index (χ0v) is 10.1. The first kappa shape index (κ1) is 11.6. The third kappa shape index (κ3) is 1.83. The molecule has 1 saturated heterocycles. The highest BCUT2D eigenvalue weighted by molar-refractivity contribution is 6.02. The Morgan fingerprint density at radius 2 is 2.21 bits per heavy atom. The molecule has 0 unspecified atom stereocenters. The Morgan fingerprint density at radius 1 is 1.37 bits per heavy atom. The third-order valence-corrected chi connectivity index (χ3v) is 3.35. The maximum atomic E-state index is 12.4. The molecule has 1 N–H and O–H groups in total. The fourth-order valence-corrected chi connectivity index (χ4v) is 2.42. The lowest BCUT2D eigenvalue weighted by Gasteiger charge is -2.20. The minimum Gasteiger partial charge on any atom is -0.480 e. The Balaban J connectivity index is 1.98. The number of amides is 1. The number of hydrogen-bond donors (Lipinski definition) is 1. The number of rotatable bonds is 2. The zero-order chi connectivity index (χ0) is 13.4. The minimum atomic E-state index is -0.958. The van der Waals surface area contributed by atoms with Crippen LogP contribution in [0.2, 0.25) is 0 Å². The fourth-order valence-electron chi connectivity index (χ4n) is 2.42. The second kappa shape index (κ2) is 4.34. The summed E-state index contributed by atoms with van der Waals surface area (Å²) in [7, 11) is 0. The van der Waals surface area contributed by atoms with Crippen LogP contribution < -0.4 is 0 Å². The molecular formula is C12H12N4O3.